The van der Waals surface area contributed by atoms with Gasteiger partial charge in [0.15, 0.2) is 12.2 Å². The number of hydrogen-bond acceptors (Lipinski definition) is 7. The van der Waals surface area contributed by atoms with E-state index in [0.29, 0.717) is 0 Å². The highest BCUT2D eigenvalue weighted by molar-refractivity contribution is 6.20. The molecule has 0 aliphatic carbocycles. The number of alkyl halides is 2. The van der Waals surface area contributed by atoms with Gasteiger partial charge in [0.25, 0.3) is 5.66 Å². The second-order valence-electron chi connectivity index (χ2n) is 3.18. The van der Waals surface area contributed by atoms with E-state index in [1.54, 1.807) is 0 Å². The highest BCUT2D eigenvalue weighted by atomic mass is 35.5. The smallest absolute Gasteiger partial charge is 0.343 e. The largest absolute Gasteiger partial charge is 0.473 e. The van der Waals surface area contributed by atoms with Crippen LogP contribution in [0.3, 0.4) is 0 Å². The van der Waals surface area contributed by atoms with Gasteiger partial charge in [0.1, 0.15) is 6.67 Å². The SMILES string of the molecule is O=[N+]([O-])C(COC(Cl)C(CF)(N(F)F)N(F)F)[N+](=O)[O-]. The van der Waals surface area contributed by atoms with Crippen LogP contribution in [0.15, 0.2) is 0 Å². The molecule has 0 heterocycles. The van der Waals surface area contributed by atoms with Crippen LogP contribution >= 0.6 is 11.6 Å². The number of hydrogen-bond donors (Lipinski definition) is 0. The molecule has 0 amide bonds. The fourth-order valence-corrected chi connectivity index (χ4v) is 1.14. The minimum atomic E-state index is -4.06. The summed E-state index contributed by atoms with van der Waals surface area (Å²) >= 11 is 5.00. The van der Waals surface area contributed by atoms with Crippen molar-refractivity contribution in [3.05, 3.63) is 20.2 Å². The van der Waals surface area contributed by atoms with Crippen LogP contribution in [0.25, 0.3) is 0 Å². The molecule has 1 atom stereocenters. The zero-order chi connectivity index (χ0) is 16.1. The number of halogens is 6. The molecule has 0 spiro atoms. The zero-order valence-electron chi connectivity index (χ0n) is 9.17. The van der Waals surface area contributed by atoms with Crippen LogP contribution in [-0.4, -0.2) is 51.2 Å². The van der Waals surface area contributed by atoms with Gasteiger partial charge in [-0.2, -0.15) is 0 Å². The van der Waals surface area contributed by atoms with Crippen LogP contribution < -0.4 is 0 Å². The third-order valence-corrected chi connectivity index (χ3v) is 2.50. The van der Waals surface area contributed by atoms with E-state index in [2.05, 4.69) is 4.74 Å². The van der Waals surface area contributed by atoms with Crippen molar-refractivity contribution in [2.24, 2.45) is 0 Å². The summed E-state index contributed by atoms with van der Waals surface area (Å²) in [6.07, 6.45) is -2.63. The molecule has 15 heteroatoms. The lowest BCUT2D eigenvalue weighted by Crippen LogP contribution is -2.59. The molecular formula is C5H6ClF5N4O5. The first-order valence-corrected chi connectivity index (χ1v) is 4.87. The van der Waals surface area contributed by atoms with Gasteiger partial charge >= 0.3 is 6.17 Å². The molecular weight excluding hydrogens is 327 g/mol. The van der Waals surface area contributed by atoms with E-state index in [9.17, 15) is 42.5 Å². The first-order valence-electron chi connectivity index (χ1n) is 4.43. The molecule has 0 rings (SSSR count). The maximum absolute atomic E-state index is 12.4. The maximum Gasteiger partial charge on any atom is 0.473 e. The van der Waals surface area contributed by atoms with E-state index in [4.69, 9.17) is 11.6 Å². The average molecular weight is 333 g/mol. The van der Waals surface area contributed by atoms with E-state index in [0.717, 1.165) is 0 Å². The van der Waals surface area contributed by atoms with Crippen LogP contribution in [0.2, 0.25) is 0 Å². The molecule has 0 aliphatic heterocycles. The third kappa shape index (κ3) is 3.81. The van der Waals surface area contributed by atoms with Crippen molar-refractivity contribution in [3.63, 3.8) is 0 Å². The van der Waals surface area contributed by atoms with Crippen molar-refractivity contribution in [2.75, 3.05) is 13.3 Å². The molecule has 0 radical (unpaired) electrons. The Morgan fingerprint density at radius 3 is 1.80 bits per heavy atom. The van der Waals surface area contributed by atoms with Crippen molar-refractivity contribution < 1.29 is 36.9 Å². The van der Waals surface area contributed by atoms with E-state index in [1.807, 2.05) is 0 Å². The van der Waals surface area contributed by atoms with Gasteiger partial charge in [-0.3, -0.25) is 20.2 Å². The molecule has 0 N–H and O–H groups in total. The van der Waals surface area contributed by atoms with Crippen LogP contribution in [0.5, 0.6) is 0 Å². The zero-order valence-corrected chi connectivity index (χ0v) is 9.92. The van der Waals surface area contributed by atoms with Gasteiger partial charge in [-0.15, -0.1) is 0 Å². The van der Waals surface area contributed by atoms with Gasteiger partial charge in [0.05, 0.1) is 20.5 Å². The second kappa shape index (κ2) is 7.41. The Hall–Kier alpha value is -1.38. The fourth-order valence-electron chi connectivity index (χ4n) is 0.864. The molecule has 0 aromatic heterocycles. The van der Waals surface area contributed by atoms with Crippen molar-refractivity contribution in [1.82, 2.24) is 10.7 Å². The summed E-state index contributed by atoms with van der Waals surface area (Å²) in [6, 6.07) is 0. The molecule has 0 saturated heterocycles. The minimum Gasteiger partial charge on any atom is -0.343 e. The highest BCUT2D eigenvalue weighted by Crippen LogP contribution is 2.32. The molecule has 0 fully saturated rings. The van der Waals surface area contributed by atoms with Gasteiger partial charge in [0.2, 0.25) is 0 Å². The molecule has 20 heavy (non-hydrogen) atoms. The predicted octanol–water partition coefficient (Wildman–Crippen LogP) is 1.26. The van der Waals surface area contributed by atoms with Gasteiger partial charge in [-0.25, -0.2) is 4.39 Å². The second-order valence-corrected chi connectivity index (χ2v) is 3.58. The fraction of sp³-hybridized carbons (Fsp3) is 1.00. The van der Waals surface area contributed by atoms with Gasteiger partial charge in [-0.05, 0) is 0 Å². The van der Waals surface area contributed by atoms with Crippen molar-refractivity contribution in [1.29, 1.82) is 0 Å². The molecule has 0 aromatic carbocycles. The topological polar surface area (TPSA) is 102 Å². The summed E-state index contributed by atoms with van der Waals surface area (Å²) in [5.41, 5.74) is -6.89. The summed E-state index contributed by atoms with van der Waals surface area (Å²) in [4.78, 5) is 17.4. The quantitative estimate of drug-likeness (QED) is 0.156. The Labute approximate surface area is 111 Å². The Balaban J connectivity index is 4.99. The van der Waals surface area contributed by atoms with E-state index >= 15 is 0 Å². The summed E-state index contributed by atoms with van der Waals surface area (Å²) in [6.45, 7) is -3.94. The number of ether oxygens (including phenoxy) is 1. The van der Waals surface area contributed by atoms with Crippen LogP contribution in [0.4, 0.5) is 22.3 Å². The number of nitrogens with zero attached hydrogens (tertiary/aromatic N) is 4. The van der Waals surface area contributed by atoms with Crippen molar-refractivity contribution >= 4 is 11.6 Å². The average Bonchev–Trinajstić information content (AvgIpc) is 2.28. The highest BCUT2D eigenvalue weighted by Gasteiger charge is 2.56. The molecule has 1 unspecified atom stereocenters. The first kappa shape index (κ1) is 18.6. The normalized spacial score (nSPS) is 14.1. The lowest BCUT2D eigenvalue weighted by Gasteiger charge is -2.32. The van der Waals surface area contributed by atoms with Crippen molar-refractivity contribution in [3.8, 4) is 0 Å². The summed E-state index contributed by atoms with van der Waals surface area (Å²) in [7, 11) is 0. The lowest BCUT2D eigenvalue weighted by molar-refractivity contribution is -0.744. The monoisotopic (exact) mass is 332 g/mol. The standard InChI is InChI=1S/C5H6ClF5N4O5/c6-4(5(2-7,14(8)9)15(10)11)20-1-3(12(16)17)13(18)19/h3-4H,1-2H2. The van der Waals surface area contributed by atoms with Crippen LogP contribution in [-0.2, 0) is 4.74 Å². The van der Waals surface area contributed by atoms with Gasteiger partial charge in [0, 0.05) is 0 Å². The Kier molecular flexibility index (Phi) is 6.90. The molecule has 118 valence electrons. The lowest BCUT2D eigenvalue weighted by atomic mass is 10.2. The summed E-state index contributed by atoms with van der Waals surface area (Å²) in [5.74, 6) is 0. The van der Waals surface area contributed by atoms with E-state index < -0.39 is 51.2 Å². The molecule has 0 bridgehead atoms. The minimum absolute atomic E-state index is 1.47. The molecule has 9 nitrogen and oxygen atoms in total. The third-order valence-electron chi connectivity index (χ3n) is 2.02. The summed E-state index contributed by atoms with van der Waals surface area (Å²) in [5, 5.41) is 15.8. The maximum atomic E-state index is 12.4. The Bertz CT molecular complexity index is 341. The van der Waals surface area contributed by atoms with E-state index in [1.165, 1.54) is 0 Å². The molecule has 0 saturated carbocycles. The van der Waals surface area contributed by atoms with Crippen LogP contribution in [0, 0.1) is 20.2 Å². The Morgan fingerprint density at radius 2 is 1.55 bits per heavy atom. The number of rotatable bonds is 9. The molecule has 0 aliphatic rings. The van der Waals surface area contributed by atoms with Crippen molar-refractivity contribution in [2.45, 2.75) is 17.4 Å². The predicted molar refractivity (Wildman–Crippen MR) is 50.2 cm³/mol. The van der Waals surface area contributed by atoms with E-state index in [-0.39, 0.29) is 0 Å². The Morgan fingerprint density at radius 1 is 1.15 bits per heavy atom. The number of nitro groups is 2. The first-order chi connectivity index (χ1) is 9.11. The van der Waals surface area contributed by atoms with Gasteiger partial charge in [-0.1, -0.05) is 29.5 Å². The van der Waals surface area contributed by atoms with Gasteiger partial charge < -0.3 is 4.74 Å². The van der Waals surface area contributed by atoms with Crippen LogP contribution in [0.1, 0.15) is 0 Å². The summed E-state index contributed by atoms with van der Waals surface area (Å²) < 4.78 is 65.8. The molecule has 0 aromatic rings.